The summed E-state index contributed by atoms with van der Waals surface area (Å²) in [4.78, 5) is 107. The Morgan fingerprint density at radius 1 is 0.806 bits per heavy atom. The molecule has 62 heavy (non-hydrogen) atoms. The number of primary amides is 1. The van der Waals surface area contributed by atoms with Gasteiger partial charge in [0.2, 0.25) is 35.3 Å². The van der Waals surface area contributed by atoms with Gasteiger partial charge in [-0.25, -0.2) is 4.79 Å². The molecule has 1 heterocycles. The molecule has 0 aromatic heterocycles. The fraction of sp³-hybridized carbons (Fsp3) is 0.556. The zero-order valence-electron chi connectivity index (χ0n) is 36.0. The van der Waals surface area contributed by atoms with Gasteiger partial charge in [0.1, 0.15) is 18.1 Å². The van der Waals surface area contributed by atoms with Crippen molar-refractivity contribution in [1.29, 1.82) is 0 Å². The largest absolute Gasteiger partial charge is 0.449 e. The van der Waals surface area contributed by atoms with Gasteiger partial charge in [0, 0.05) is 25.4 Å². The molecule has 0 radical (unpaired) electrons. The van der Waals surface area contributed by atoms with Crippen LogP contribution in [0.1, 0.15) is 102 Å². The molecule has 5 atom stereocenters. The SMILES string of the molecule is CCCC(NC(=O)C1CC(OCc2ccccc2)CN1C(=O)C(CCCNC(=O)C1CCCCC1)NC(=O)OCC(C)C)C(=O)C(=O)NCC(=O)NC(C(N)=O)c1ccccc1. The molecule has 4 rings (SSSR count). The highest BCUT2D eigenvalue weighted by Gasteiger charge is 2.44. The number of nitrogens with zero attached hydrogens (tertiary/aromatic N) is 1. The predicted molar refractivity (Wildman–Crippen MR) is 228 cm³/mol. The molecule has 2 aromatic rings. The summed E-state index contributed by atoms with van der Waals surface area (Å²) in [7, 11) is 0. The number of ketones is 1. The van der Waals surface area contributed by atoms with Crippen LogP contribution in [-0.2, 0) is 49.6 Å². The monoisotopic (exact) mass is 861 g/mol. The van der Waals surface area contributed by atoms with Crippen molar-refractivity contribution < 1.29 is 47.8 Å². The van der Waals surface area contributed by atoms with Crippen molar-refractivity contribution in [3.63, 3.8) is 0 Å². The van der Waals surface area contributed by atoms with Crippen LogP contribution in [-0.4, -0.2) is 103 Å². The minimum Gasteiger partial charge on any atom is -0.449 e. The van der Waals surface area contributed by atoms with Gasteiger partial charge in [-0.15, -0.1) is 0 Å². The molecular formula is C45H63N7O10. The van der Waals surface area contributed by atoms with Crippen LogP contribution in [0.15, 0.2) is 60.7 Å². The lowest BCUT2D eigenvalue weighted by atomic mass is 9.88. The second kappa shape index (κ2) is 25.2. The average Bonchev–Trinajstić information content (AvgIpc) is 3.71. The Hall–Kier alpha value is -5.84. The molecule has 2 aliphatic rings. The predicted octanol–water partition coefficient (Wildman–Crippen LogP) is 2.71. The highest BCUT2D eigenvalue weighted by Crippen LogP contribution is 2.25. The topological polar surface area (TPSA) is 244 Å². The molecule has 7 amide bonds. The lowest BCUT2D eigenvalue weighted by Crippen LogP contribution is -2.56. The van der Waals surface area contributed by atoms with E-state index in [1.807, 2.05) is 44.2 Å². The van der Waals surface area contributed by atoms with Gasteiger partial charge in [-0.05, 0) is 49.1 Å². The fourth-order valence-corrected chi connectivity index (χ4v) is 7.52. The van der Waals surface area contributed by atoms with Crippen molar-refractivity contribution in [2.75, 3.05) is 26.2 Å². The number of hydrogen-bond acceptors (Lipinski definition) is 10. The summed E-state index contributed by atoms with van der Waals surface area (Å²) in [5.41, 5.74) is 6.79. The molecule has 17 heteroatoms. The maximum Gasteiger partial charge on any atom is 0.407 e. The van der Waals surface area contributed by atoms with Crippen molar-refractivity contribution in [3.8, 4) is 0 Å². The highest BCUT2D eigenvalue weighted by molar-refractivity contribution is 6.38. The molecule has 1 aliphatic heterocycles. The Kier molecular flexibility index (Phi) is 19.8. The van der Waals surface area contributed by atoms with E-state index in [4.69, 9.17) is 15.2 Å². The third kappa shape index (κ3) is 15.6. The molecule has 2 fully saturated rings. The van der Waals surface area contributed by atoms with Crippen molar-refractivity contribution in [2.45, 2.75) is 122 Å². The molecule has 0 bridgehead atoms. The highest BCUT2D eigenvalue weighted by atomic mass is 16.5. The van der Waals surface area contributed by atoms with Crippen LogP contribution >= 0.6 is 0 Å². The van der Waals surface area contributed by atoms with Crippen molar-refractivity contribution in [1.82, 2.24) is 31.5 Å². The first-order valence-electron chi connectivity index (χ1n) is 21.7. The summed E-state index contributed by atoms with van der Waals surface area (Å²) in [6.07, 6.45) is 4.35. The van der Waals surface area contributed by atoms with Gasteiger partial charge >= 0.3 is 6.09 Å². The van der Waals surface area contributed by atoms with Crippen molar-refractivity contribution >= 4 is 47.3 Å². The summed E-state index contributed by atoms with van der Waals surface area (Å²) in [6.45, 7) is 5.42. The molecule has 1 saturated heterocycles. The number of ether oxygens (including phenoxy) is 2. The van der Waals surface area contributed by atoms with Crippen molar-refractivity contribution in [3.05, 3.63) is 71.8 Å². The lowest BCUT2D eigenvalue weighted by Gasteiger charge is -2.29. The molecule has 7 N–H and O–H groups in total. The minimum atomic E-state index is -1.31. The van der Waals surface area contributed by atoms with Gasteiger partial charge in [-0.1, -0.05) is 107 Å². The lowest BCUT2D eigenvalue weighted by molar-refractivity contribution is -0.143. The maximum absolute atomic E-state index is 14.5. The van der Waals surface area contributed by atoms with E-state index < -0.39 is 78.2 Å². The first-order chi connectivity index (χ1) is 29.8. The number of amides is 7. The third-order valence-electron chi connectivity index (χ3n) is 10.8. The van der Waals surface area contributed by atoms with E-state index in [0.717, 1.165) is 37.7 Å². The fourth-order valence-electron chi connectivity index (χ4n) is 7.52. The van der Waals surface area contributed by atoms with Crippen molar-refractivity contribution in [2.24, 2.45) is 17.6 Å². The summed E-state index contributed by atoms with van der Waals surface area (Å²) >= 11 is 0. The number of carbonyl (C=O) groups is 8. The number of likely N-dealkylation sites (tertiary alicyclic amines) is 1. The summed E-state index contributed by atoms with van der Waals surface area (Å²) in [6, 6.07) is 12.8. The number of alkyl carbamates (subject to hydrolysis) is 1. The van der Waals surface area contributed by atoms with Crippen LogP contribution in [0.5, 0.6) is 0 Å². The Labute approximate surface area is 363 Å². The number of nitrogens with one attached hydrogen (secondary N) is 5. The zero-order chi connectivity index (χ0) is 45.0. The first kappa shape index (κ1) is 48.8. The molecule has 1 saturated carbocycles. The Morgan fingerprint density at radius 3 is 2.13 bits per heavy atom. The van der Waals surface area contributed by atoms with E-state index in [1.165, 1.54) is 4.90 Å². The minimum absolute atomic E-state index is 0.0152. The number of rotatable bonds is 23. The Morgan fingerprint density at radius 2 is 1.48 bits per heavy atom. The average molecular weight is 862 g/mol. The van der Waals surface area contributed by atoms with Gasteiger partial charge in [0.25, 0.3) is 5.91 Å². The van der Waals surface area contributed by atoms with Crippen LogP contribution in [0.4, 0.5) is 4.79 Å². The standard InChI is InChI=1S/C45H63N7O10/c1-4-15-34(39(54)43(58)48-25-37(53)51-38(40(46)55)31-18-10-6-11-19-31)49-42(57)36-24-33(61-28-30-16-8-5-9-17-30)26-52(36)44(59)35(50-45(60)62-27-29(2)3)22-14-23-47-41(56)32-20-12-7-13-21-32/h5-6,8-11,16-19,29,32-36,38H,4,7,12-15,20-28H2,1-3H3,(H2,46,55)(H,47,56)(H,48,58)(H,49,57)(H,50,60)(H,51,53). The number of hydrogen-bond donors (Lipinski definition) is 6. The third-order valence-corrected chi connectivity index (χ3v) is 10.8. The van der Waals surface area contributed by atoms with E-state index in [0.29, 0.717) is 18.4 Å². The summed E-state index contributed by atoms with van der Waals surface area (Å²) in [5, 5.41) is 13.0. The van der Waals surface area contributed by atoms with E-state index in [2.05, 4.69) is 26.6 Å². The zero-order valence-corrected chi connectivity index (χ0v) is 36.0. The van der Waals surface area contributed by atoms with E-state index in [-0.39, 0.29) is 63.3 Å². The van der Waals surface area contributed by atoms with E-state index in [9.17, 15) is 38.4 Å². The molecular weight excluding hydrogens is 799 g/mol. The van der Waals surface area contributed by atoms with Crippen LogP contribution in [0, 0.1) is 11.8 Å². The smallest absolute Gasteiger partial charge is 0.407 e. The van der Waals surface area contributed by atoms with E-state index in [1.54, 1.807) is 37.3 Å². The van der Waals surface area contributed by atoms with Gasteiger partial charge in [0.15, 0.2) is 0 Å². The summed E-state index contributed by atoms with van der Waals surface area (Å²) in [5.74, 6) is -5.09. The molecule has 2 aromatic carbocycles. The maximum atomic E-state index is 14.5. The van der Waals surface area contributed by atoms with Crippen LogP contribution in [0.3, 0.4) is 0 Å². The second-order valence-corrected chi connectivity index (χ2v) is 16.3. The van der Waals surface area contributed by atoms with Crippen LogP contribution in [0.2, 0.25) is 0 Å². The quantitative estimate of drug-likeness (QED) is 0.0705. The normalized spacial score (nSPS) is 17.8. The molecule has 17 nitrogen and oxygen atoms in total. The molecule has 338 valence electrons. The van der Waals surface area contributed by atoms with Crippen LogP contribution in [0.25, 0.3) is 0 Å². The molecule has 5 unspecified atom stereocenters. The Balaban J connectivity index is 1.47. The number of benzene rings is 2. The Bertz CT molecular complexity index is 1820. The van der Waals surface area contributed by atoms with Gasteiger partial charge in [-0.3, -0.25) is 33.6 Å². The van der Waals surface area contributed by atoms with Gasteiger partial charge < -0.3 is 46.7 Å². The molecule has 1 aliphatic carbocycles. The summed E-state index contributed by atoms with van der Waals surface area (Å²) < 4.78 is 11.5. The van der Waals surface area contributed by atoms with E-state index >= 15 is 0 Å². The first-order valence-corrected chi connectivity index (χ1v) is 21.7. The van der Waals surface area contributed by atoms with Gasteiger partial charge in [0.05, 0.1) is 31.9 Å². The second-order valence-electron chi connectivity index (χ2n) is 16.3. The van der Waals surface area contributed by atoms with Crippen LogP contribution < -0.4 is 32.3 Å². The number of Topliss-reactive ketones (excluding diaryl/α,β-unsaturated/α-hetero) is 1. The molecule has 0 spiro atoms. The number of carbonyl (C=O) groups excluding carboxylic acids is 8. The van der Waals surface area contributed by atoms with Gasteiger partial charge in [-0.2, -0.15) is 0 Å². The number of nitrogens with two attached hydrogens (primary N) is 1.